The molecule has 1 saturated heterocycles. The highest BCUT2D eigenvalue weighted by Gasteiger charge is 2.36. The largest absolute Gasteiger partial charge is 0.480 e. The quantitative estimate of drug-likeness (QED) is 0.555. The molecule has 25 heavy (non-hydrogen) atoms. The van der Waals surface area contributed by atoms with Crippen molar-refractivity contribution in [1.29, 1.82) is 0 Å². The Morgan fingerprint density at radius 3 is 2.76 bits per heavy atom. The summed E-state index contributed by atoms with van der Waals surface area (Å²) in [6, 6.07) is 0.880. The molecular weight excluding hydrogens is 350 g/mol. The van der Waals surface area contributed by atoms with Crippen molar-refractivity contribution in [3.8, 4) is 0 Å². The number of nitro groups is 1. The molecule has 2 rings (SSSR count). The number of nitrogens with one attached hydrogen (secondary N) is 1. The Hall–Kier alpha value is -2.49. The van der Waals surface area contributed by atoms with Crippen LogP contribution in [-0.2, 0) is 9.59 Å². The second kappa shape index (κ2) is 8.06. The van der Waals surface area contributed by atoms with Gasteiger partial charge < -0.3 is 15.3 Å². The van der Waals surface area contributed by atoms with Crippen LogP contribution in [0.3, 0.4) is 0 Å². The number of carbonyl (C=O) groups is 3. The first-order valence-corrected chi connectivity index (χ1v) is 8.75. The van der Waals surface area contributed by atoms with Gasteiger partial charge in [0.25, 0.3) is 5.91 Å². The average Bonchev–Trinajstić information content (AvgIpc) is 3.22. The van der Waals surface area contributed by atoms with Crippen LogP contribution < -0.4 is 5.32 Å². The molecule has 0 saturated carbocycles. The molecule has 0 bridgehead atoms. The molecule has 9 nitrogen and oxygen atoms in total. The Balaban J connectivity index is 2.10. The molecule has 1 aromatic heterocycles. The lowest BCUT2D eigenvalue weighted by molar-refractivity contribution is -0.380. The number of rotatable bonds is 7. The minimum atomic E-state index is -1.11. The minimum Gasteiger partial charge on any atom is -0.480 e. The Morgan fingerprint density at radius 1 is 1.48 bits per heavy atom. The molecular formula is C15H19N3O6S. The highest BCUT2D eigenvalue weighted by molar-refractivity contribution is 7.17. The van der Waals surface area contributed by atoms with Crippen molar-refractivity contribution in [1.82, 2.24) is 10.2 Å². The van der Waals surface area contributed by atoms with E-state index in [1.807, 2.05) is 6.92 Å². The number of carboxylic acids is 1. The van der Waals surface area contributed by atoms with Gasteiger partial charge in [0.15, 0.2) is 0 Å². The first kappa shape index (κ1) is 18.8. The number of nitrogens with zero attached hydrogens (tertiary/aromatic N) is 2. The molecule has 1 fully saturated rings. The Labute approximate surface area is 147 Å². The molecule has 2 atom stereocenters. The topological polar surface area (TPSA) is 130 Å². The Kier molecular flexibility index (Phi) is 6.07. The molecule has 136 valence electrons. The standard InChI is InChI=1S/C15H19N3O6S/c1-2-4-9(15(21)22)16-13(19)10-5-3-8-17(10)14(20)11-6-7-12(25-11)18(23)24/h6-7,9-10H,2-5,8H2,1H3,(H,16,19)(H,21,22). The molecule has 0 spiro atoms. The van der Waals surface area contributed by atoms with Gasteiger partial charge in [0, 0.05) is 12.6 Å². The van der Waals surface area contributed by atoms with Crippen LogP contribution in [-0.4, -0.2) is 51.3 Å². The fraction of sp³-hybridized carbons (Fsp3) is 0.533. The molecule has 1 aromatic rings. The van der Waals surface area contributed by atoms with Crippen molar-refractivity contribution in [2.75, 3.05) is 6.54 Å². The summed E-state index contributed by atoms with van der Waals surface area (Å²) in [5.41, 5.74) is 0. The number of hydrogen-bond acceptors (Lipinski definition) is 6. The van der Waals surface area contributed by atoms with E-state index in [1.165, 1.54) is 17.0 Å². The Morgan fingerprint density at radius 2 is 2.20 bits per heavy atom. The summed E-state index contributed by atoms with van der Waals surface area (Å²) in [5.74, 6) is -2.06. The number of hydrogen-bond donors (Lipinski definition) is 2. The smallest absolute Gasteiger partial charge is 0.326 e. The van der Waals surface area contributed by atoms with Crippen molar-refractivity contribution < 1.29 is 24.4 Å². The van der Waals surface area contributed by atoms with E-state index in [1.54, 1.807) is 0 Å². The molecule has 2 amide bonds. The summed E-state index contributed by atoms with van der Waals surface area (Å²) in [4.78, 5) is 47.9. The maximum absolute atomic E-state index is 12.6. The molecule has 0 aromatic carbocycles. The van der Waals surface area contributed by atoms with Gasteiger partial charge in [-0.15, -0.1) is 0 Å². The van der Waals surface area contributed by atoms with Gasteiger partial charge in [-0.25, -0.2) is 4.79 Å². The molecule has 2 N–H and O–H groups in total. The second-order valence-corrected chi connectivity index (χ2v) is 6.80. The van der Waals surface area contributed by atoms with Gasteiger partial charge >= 0.3 is 11.0 Å². The predicted octanol–water partition coefficient (Wildman–Crippen LogP) is 1.63. The van der Waals surface area contributed by atoms with Crippen LogP contribution >= 0.6 is 11.3 Å². The number of aliphatic carboxylic acids is 1. The SMILES string of the molecule is CCCC(NC(=O)C1CCCN1C(=O)c1ccc([N+](=O)[O-])s1)C(=O)O. The van der Waals surface area contributed by atoms with Crippen molar-refractivity contribution in [3.63, 3.8) is 0 Å². The van der Waals surface area contributed by atoms with Gasteiger partial charge in [0.2, 0.25) is 5.91 Å². The third kappa shape index (κ3) is 4.32. The van der Waals surface area contributed by atoms with Crippen LogP contribution in [0.1, 0.15) is 42.3 Å². The van der Waals surface area contributed by atoms with Crippen molar-refractivity contribution >= 4 is 34.1 Å². The van der Waals surface area contributed by atoms with Gasteiger partial charge in [-0.2, -0.15) is 0 Å². The highest BCUT2D eigenvalue weighted by atomic mass is 32.1. The zero-order valence-corrected chi connectivity index (χ0v) is 14.5. The zero-order valence-electron chi connectivity index (χ0n) is 13.6. The number of carboxylic acid groups (broad SMARTS) is 1. The summed E-state index contributed by atoms with van der Waals surface area (Å²) in [6.07, 6.45) is 1.95. The van der Waals surface area contributed by atoms with Crippen molar-refractivity contribution in [2.45, 2.75) is 44.7 Å². The summed E-state index contributed by atoms with van der Waals surface area (Å²) < 4.78 is 0. The molecule has 2 unspecified atom stereocenters. The van der Waals surface area contributed by atoms with E-state index in [0.717, 1.165) is 11.3 Å². The lowest BCUT2D eigenvalue weighted by Gasteiger charge is -2.25. The summed E-state index contributed by atoms with van der Waals surface area (Å²) in [7, 11) is 0. The fourth-order valence-corrected chi connectivity index (χ4v) is 3.56. The average molecular weight is 369 g/mol. The monoisotopic (exact) mass is 369 g/mol. The van der Waals surface area contributed by atoms with E-state index >= 15 is 0 Å². The second-order valence-electron chi connectivity index (χ2n) is 5.74. The predicted molar refractivity (Wildman–Crippen MR) is 89.5 cm³/mol. The third-order valence-corrected chi connectivity index (χ3v) is 5.02. The number of likely N-dealkylation sites (tertiary alicyclic amines) is 1. The lowest BCUT2D eigenvalue weighted by Crippen LogP contribution is -2.50. The third-order valence-electron chi connectivity index (χ3n) is 3.99. The summed E-state index contributed by atoms with van der Waals surface area (Å²) in [6.45, 7) is 2.17. The van der Waals surface area contributed by atoms with E-state index in [4.69, 9.17) is 5.11 Å². The molecule has 10 heteroatoms. The first-order valence-electron chi connectivity index (χ1n) is 7.93. The van der Waals surface area contributed by atoms with Gasteiger partial charge in [-0.3, -0.25) is 19.7 Å². The van der Waals surface area contributed by atoms with E-state index in [2.05, 4.69) is 5.32 Å². The van der Waals surface area contributed by atoms with Crippen molar-refractivity contribution in [3.05, 3.63) is 27.1 Å². The van der Waals surface area contributed by atoms with Gasteiger partial charge in [-0.05, 0) is 25.3 Å². The number of carbonyl (C=O) groups excluding carboxylic acids is 2. The van der Waals surface area contributed by atoms with E-state index < -0.39 is 34.8 Å². The van der Waals surface area contributed by atoms with Crippen LogP contribution in [0.25, 0.3) is 0 Å². The maximum atomic E-state index is 12.6. The van der Waals surface area contributed by atoms with Gasteiger partial charge in [-0.1, -0.05) is 24.7 Å². The normalized spacial score (nSPS) is 18.0. The number of thiophene rings is 1. The van der Waals surface area contributed by atoms with Crippen LogP contribution in [0.4, 0.5) is 5.00 Å². The van der Waals surface area contributed by atoms with Crippen LogP contribution in [0.2, 0.25) is 0 Å². The number of amides is 2. The molecule has 1 aliphatic heterocycles. The van der Waals surface area contributed by atoms with Gasteiger partial charge in [0.05, 0.1) is 9.80 Å². The molecule has 1 aliphatic rings. The Bertz CT molecular complexity index is 689. The summed E-state index contributed by atoms with van der Waals surface area (Å²) >= 11 is 0.761. The van der Waals surface area contributed by atoms with Crippen LogP contribution in [0.15, 0.2) is 12.1 Å². The molecule has 0 radical (unpaired) electrons. The molecule has 0 aliphatic carbocycles. The van der Waals surface area contributed by atoms with Crippen LogP contribution in [0, 0.1) is 10.1 Å². The molecule has 2 heterocycles. The lowest BCUT2D eigenvalue weighted by atomic mass is 10.1. The highest BCUT2D eigenvalue weighted by Crippen LogP contribution is 2.28. The van der Waals surface area contributed by atoms with Gasteiger partial charge in [0.1, 0.15) is 12.1 Å². The zero-order chi connectivity index (χ0) is 18.6. The first-order chi connectivity index (χ1) is 11.8. The maximum Gasteiger partial charge on any atom is 0.326 e. The van der Waals surface area contributed by atoms with Crippen molar-refractivity contribution in [2.24, 2.45) is 0 Å². The van der Waals surface area contributed by atoms with Crippen LogP contribution in [0.5, 0.6) is 0 Å². The fourth-order valence-electron chi connectivity index (χ4n) is 2.78. The minimum absolute atomic E-state index is 0.141. The summed E-state index contributed by atoms with van der Waals surface area (Å²) in [5, 5.41) is 22.2. The van der Waals surface area contributed by atoms with E-state index in [9.17, 15) is 24.5 Å². The van der Waals surface area contributed by atoms with E-state index in [-0.39, 0.29) is 9.88 Å². The van der Waals surface area contributed by atoms with E-state index in [0.29, 0.717) is 32.2 Å².